The topological polar surface area (TPSA) is 89.1 Å². The van der Waals surface area contributed by atoms with Crippen LogP contribution in [0.5, 0.6) is 0 Å². The predicted molar refractivity (Wildman–Crippen MR) is 88.8 cm³/mol. The molecule has 0 spiro atoms. The van der Waals surface area contributed by atoms with Crippen LogP contribution in [-0.4, -0.2) is 38.3 Å². The standard InChI is InChI=1S/C17H16N4O3/c22-16(23)11-3-5-12(6-4-11)20-14-2-1-8-19-15(14)21(17(20)24)13-7-9-18-10-13/h1-6,8,13,18H,7,9-10H2,(H,22,23)/t13-/m0/s1. The Morgan fingerprint density at radius 2 is 2.04 bits per heavy atom. The molecular weight excluding hydrogens is 308 g/mol. The average molecular weight is 324 g/mol. The Kier molecular flexibility index (Phi) is 3.42. The fourth-order valence-electron chi connectivity index (χ4n) is 3.24. The van der Waals surface area contributed by atoms with E-state index in [2.05, 4.69) is 10.3 Å². The van der Waals surface area contributed by atoms with E-state index in [9.17, 15) is 9.59 Å². The molecule has 7 nitrogen and oxygen atoms in total. The highest BCUT2D eigenvalue weighted by molar-refractivity contribution is 5.87. The summed E-state index contributed by atoms with van der Waals surface area (Å²) < 4.78 is 3.33. The minimum absolute atomic E-state index is 0.0782. The second-order valence-electron chi connectivity index (χ2n) is 5.83. The number of fused-ring (bicyclic) bond motifs is 1. The van der Waals surface area contributed by atoms with E-state index in [4.69, 9.17) is 5.11 Å². The molecule has 1 fully saturated rings. The number of rotatable bonds is 3. The number of nitrogens with one attached hydrogen (secondary N) is 1. The van der Waals surface area contributed by atoms with E-state index in [0.29, 0.717) is 11.3 Å². The van der Waals surface area contributed by atoms with Gasteiger partial charge in [0.2, 0.25) is 0 Å². The van der Waals surface area contributed by atoms with Crippen molar-refractivity contribution in [3.8, 4) is 5.69 Å². The van der Waals surface area contributed by atoms with Gasteiger partial charge in [0.05, 0.1) is 22.8 Å². The largest absolute Gasteiger partial charge is 0.478 e. The van der Waals surface area contributed by atoms with Crippen LogP contribution >= 0.6 is 0 Å². The molecule has 3 heterocycles. The van der Waals surface area contributed by atoms with Crippen molar-refractivity contribution in [3.05, 3.63) is 58.6 Å². The lowest BCUT2D eigenvalue weighted by Crippen LogP contribution is -2.28. The summed E-state index contributed by atoms with van der Waals surface area (Å²) in [6, 6.07) is 10.0. The number of aromatic carboxylic acids is 1. The molecule has 3 aromatic rings. The number of benzene rings is 1. The van der Waals surface area contributed by atoms with Gasteiger partial charge in [0.25, 0.3) is 0 Å². The number of pyridine rings is 1. The Bertz CT molecular complexity index is 966. The molecule has 1 atom stereocenters. The first-order valence-corrected chi connectivity index (χ1v) is 7.79. The lowest BCUT2D eigenvalue weighted by Gasteiger charge is -2.09. The van der Waals surface area contributed by atoms with Gasteiger partial charge in [-0.3, -0.25) is 9.13 Å². The molecule has 2 aromatic heterocycles. The van der Waals surface area contributed by atoms with Gasteiger partial charge in [-0.1, -0.05) is 0 Å². The molecule has 1 aliphatic rings. The Labute approximate surface area is 137 Å². The molecule has 0 unspecified atom stereocenters. The number of aromatic nitrogens is 3. The Morgan fingerprint density at radius 3 is 2.71 bits per heavy atom. The van der Waals surface area contributed by atoms with Crippen LogP contribution < -0.4 is 11.0 Å². The molecule has 4 rings (SSSR count). The van der Waals surface area contributed by atoms with Crippen LogP contribution in [-0.2, 0) is 0 Å². The molecule has 1 aliphatic heterocycles. The summed E-state index contributed by atoms with van der Waals surface area (Å²) >= 11 is 0. The minimum Gasteiger partial charge on any atom is -0.478 e. The van der Waals surface area contributed by atoms with Gasteiger partial charge in [0.1, 0.15) is 0 Å². The number of carboxylic acids is 1. The zero-order chi connectivity index (χ0) is 16.7. The number of imidazole rings is 1. The zero-order valence-electron chi connectivity index (χ0n) is 12.8. The van der Waals surface area contributed by atoms with E-state index in [-0.39, 0.29) is 17.3 Å². The smallest absolute Gasteiger partial charge is 0.335 e. The van der Waals surface area contributed by atoms with E-state index in [0.717, 1.165) is 25.0 Å². The molecule has 0 amide bonds. The third-order valence-electron chi connectivity index (χ3n) is 4.40. The van der Waals surface area contributed by atoms with Crippen LogP contribution in [0.2, 0.25) is 0 Å². The predicted octanol–water partition coefficient (Wildman–Crippen LogP) is 1.42. The third kappa shape index (κ3) is 2.21. The lowest BCUT2D eigenvalue weighted by molar-refractivity contribution is 0.0697. The number of hydrogen-bond donors (Lipinski definition) is 2. The summed E-state index contributed by atoms with van der Waals surface area (Å²) in [5.74, 6) is -0.991. The zero-order valence-corrected chi connectivity index (χ0v) is 12.8. The first-order valence-electron chi connectivity index (χ1n) is 7.79. The lowest BCUT2D eigenvalue weighted by atomic mass is 10.2. The normalized spacial score (nSPS) is 17.4. The molecule has 0 bridgehead atoms. The third-order valence-corrected chi connectivity index (χ3v) is 4.40. The van der Waals surface area contributed by atoms with Crippen molar-refractivity contribution in [2.24, 2.45) is 0 Å². The van der Waals surface area contributed by atoms with Crippen molar-refractivity contribution in [2.75, 3.05) is 13.1 Å². The van der Waals surface area contributed by atoms with Crippen LogP contribution in [0.4, 0.5) is 0 Å². The molecule has 122 valence electrons. The maximum atomic E-state index is 13.0. The molecule has 0 radical (unpaired) electrons. The maximum Gasteiger partial charge on any atom is 0.335 e. The van der Waals surface area contributed by atoms with Gasteiger partial charge in [-0.05, 0) is 49.4 Å². The second-order valence-corrected chi connectivity index (χ2v) is 5.83. The van der Waals surface area contributed by atoms with E-state index < -0.39 is 5.97 Å². The molecule has 7 heteroatoms. The summed E-state index contributed by atoms with van der Waals surface area (Å²) in [4.78, 5) is 28.5. The summed E-state index contributed by atoms with van der Waals surface area (Å²) in [5.41, 5.74) is 2.04. The summed E-state index contributed by atoms with van der Waals surface area (Å²) in [7, 11) is 0. The van der Waals surface area contributed by atoms with Gasteiger partial charge in [-0.25, -0.2) is 14.6 Å². The first-order chi connectivity index (χ1) is 11.7. The van der Waals surface area contributed by atoms with E-state index in [1.54, 1.807) is 33.5 Å². The maximum absolute atomic E-state index is 13.0. The monoisotopic (exact) mass is 324 g/mol. The van der Waals surface area contributed by atoms with Crippen molar-refractivity contribution in [1.82, 2.24) is 19.4 Å². The first kappa shape index (κ1) is 14.6. The number of carbonyl (C=O) groups is 1. The van der Waals surface area contributed by atoms with Crippen LogP contribution in [0.25, 0.3) is 16.9 Å². The van der Waals surface area contributed by atoms with Gasteiger partial charge < -0.3 is 10.4 Å². The van der Waals surface area contributed by atoms with Crippen LogP contribution in [0, 0.1) is 0 Å². The molecule has 0 aliphatic carbocycles. The average Bonchev–Trinajstić information content (AvgIpc) is 3.20. The molecule has 2 N–H and O–H groups in total. The van der Waals surface area contributed by atoms with Crippen molar-refractivity contribution >= 4 is 17.1 Å². The summed E-state index contributed by atoms with van der Waals surface area (Å²) in [6.07, 6.45) is 2.56. The van der Waals surface area contributed by atoms with Crippen molar-refractivity contribution in [1.29, 1.82) is 0 Å². The molecule has 1 saturated heterocycles. The van der Waals surface area contributed by atoms with Crippen molar-refractivity contribution in [2.45, 2.75) is 12.5 Å². The Balaban J connectivity index is 1.93. The van der Waals surface area contributed by atoms with E-state index in [1.165, 1.54) is 12.1 Å². The van der Waals surface area contributed by atoms with Crippen LogP contribution in [0.15, 0.2) is 47.4 Å². The fourth-order valence-corrected chi connectivity index (χ4v) is 3.24. The number of carboxylic acid groups (broad SMARTS) is 1. The molecular formula is C17H16N4O3. The summed E-state index contributed by atoms with van der Waals surface area (Å²) in [6.45, 7) is 1.62. The number of hydrogen-bond acceptors (Lipinski definition) is 4. The minimum atomic E-state index is -0.991. The Hall–Kier alpha value is -2.93. The van der Waals surface area contributed by atoms with Gasteiger partial charge in [0, 0.05) is 12.7 Å². The highest BCUT2D eigenvalue weighted by Crippen LogP contribution is 2.22. The fraction of sp³-hybridized carbons (Fsp3) is 0.235. The van der Waals surface area contributed by atoms with Gasteiger partial charge in [-0.15, -0.1) is 0 Å². The van der Waals surface area contributed by atoms with Crippen LogP contribution in [0.1, 0.15) is 22.8 Å². The van der Waals surface area contributed by atoms with Gasteiger partial charge in [0.15, 0.2) is 5.65 Å². The molecule has 24 heavy (non-hydrogen) atoms. The van der Waals surface area contributed by atoms with E-state index >= 15 is 0 Å². The quantitative estimate of drug-likeness (QED) is 0.760. The molecule has 0 saturated carbocycles. The van der Waals surface area contributed by atoms with Crippen molar-refractivity contribution in [3.63, 3.8) is 0 Å². The highest BCUT2D eigenvalue weighted by atomic mass is 16.4. The highest BCUT2D eigenvalue weighted by Gasteiger charge is 2.24. The van der Waals surface area contributed by atoms with Gasteiger partial charge in [-0.2, -0.15) is 0 Å². The molecule has 1 aromatic carbocycles. The Morgan fingerprint density at radius 1 is 1.25 bits per heavy atom. The summed E-state index contributed by atoms with van der Waals surface area (Å²) in [5, 5.41) is 12.3. The van der Waals surface area contributed by atoms with Gasteiger partial charge >= 0.3 is 11.7 Å². The van der Waals surface area contributed by atoms with E-state index in [1.807, 2.05) is 6.07 Å². The van der Waals surface area contributed by atoms with Crippen molar-refractivity contribution < 1.29 is 9.90 Å². The SMILES string of the molecule is O=C(O)c1ccc(-n2c(=O)n([C@H]3CCNC3)c3ncccc32)cc1. The second kappa shape index (κ2) is 5.61. The van der Waals surface area contributed by atoms with Crippen LogP contribution in [0.3, 0.4) is 0 Å². The number of nitrogens with zero attached hydrogens (tertiary/aromatic N) is 3.